The standard InChI is InChI=1S/C26H28ClNO3/c1-4-23(28-3)24(29)25(30)31-26(19-10-6-5-7-11-19,20-16-14-18(2)15-17-20)21-12-8-9-13-22(21)27/h5-17,23-24,28-29H,4H2,1-3H3/t23-,24?,26?/m0/s1/i3T. The molecular formula is C26H28ClNO3. The zero-order chi connectivity index (χ0) is 23.1. The van der Waals surface area contributed by atoms with Gasteiger partial charge in [-0.1, -0.05) is 96.9 Å². The van der Waals surface area contributed by atoms with Gasteiger partial charge >= 0.3 is 5.97 Å². The highest BCUT2D eigenvalue weighted by Crippen LogP contribution is 2.43. The Labute approximate surface area is 190 Å². The third-order valence-electron chi connectivity index (χ3n) is 5.47. The normalized spacial score (nSPS) is 15.4. The number of carbonyl (C=O) groups is 1. The summed E-state index contributed by atoms with van der Waals surface area (Å²) in [6.07, 6.45) is -0.981. The first-order chi connectivity index (χ1) is 15.4. The Bertz CT molecular complexity index is 1030. The zero-order valence-electron chi connectivity index (χ0n) is 18.7. The molecule has 0 saturated carbocycles. The van der Waals surface area contributed by atoms with Crippen LogP contribution >= 0.6 is 11.6 Å². The number of hydrogen-bond acceptors (Lipinski definition) is 4. The molecule has 0 aliphatic heterocycles. The van der Waals surface area contributed by atoms with Gasteiger partial charge in [0.05, 0.1) is 0 Å². The lowest BCUT2D eigenvalue weighted by Crippen LogP contribution is -2.46. The molecule has 0 aliphatic rings. The number of aryl methyl sites for hydroxylation is 1. The topological polar surface area (TPSA) is 58.6 Å². The maximum Gasteiger partial charge on any atom is 0.338 e. The Morgan fingerprint density at radius 2 is 1.68 bits per heavy atom. The largest absolute Gasteiger partial charge is 0.442 e. The summed E-state index contributed by atoms with van der Waals surface area (Å²) in [7, 11) is -0.116. The van der Waals surface area contributed by atoms with E-state index in [9.17, 15) is 9.90 Å². The number of rotatable bonds is 8. The van der Waals surface area contributed by atoms with E-state index in [0.29, 0.717) is 28.1 Å². The van der Waals surface area contributed by atoms with Crippen molar-refractivity contribution in [3.05, 3.63) is 106 Å². The Morgan fingerprint density at radius 3 is 2.29 bits per heavy atom. The van der Waals surface area contributed by atoms with Crippen LogP contribution in [0.25, 0.3) is 0 Å². The Balaban J connectivity index is 2.23. The van der Waals surface area contributed by atoms with E-state index in [4.69, 9.17) is 17.7 Å². The van der Waals surface area contributed by atoms with Crippen molar-refractivity contribution in [3.63, 3.8) is 0 Å². The van der Waals surface area contributed by atoms with Gasteiger partial charge in [-0.05, 0) is 26.4 Å². The minimum atomic E-state index is -1.44. The molecule has 0 bridgehead atoms. The fraction of sp³-hybridized carbons (Fsp3) is 0.269. The van der Waals surface area contributed by atoms with Gasteiger partial charge in [0.25, 0.3) is 0 Å². The SMILES string of the molecule is [3H]CN[C@@H](CC)C(O)C(=O)OC(c1ccccc1)(c1ccc(C)cc1)c1ccccc1Cl. The molecule has 0 heterocycles. The van der Waals surface area contributed by atoms with Gasteiger partial charge in [0.1, 0.15) is 0 Å². The molecule has 3 atom stereocenters. The van der Waals surface area contributed by atoms with Crippen LogP contribution in [0.3, 0.4) is 0 Å². The fourth-order valence-electron chi connectivity index (χ4n) is 3.71. The molecule has 0 aliphatic carbocycles. The number of carbonyl (C=O) groups excluding carboxylic acids is 1. The summed E-state index contributed by atoms with van der Waals surface area (Å²) in [6.45, 7) is 3.82. The molecule has 0 fully saturated rings. The fourth-order valence-corrected chi connectivity index (χ4v) is 3.98. The summed E-state index contributed by atoms with van der Waals surface area (Å²) < 4.78 is 13.6. The van der Waals surface area contributed by atoms with Crippen molar-refractivity contribution < 1.29 is 16.0 Å². The van der Waals surface area contributed by atoms with Crippen LogP contribution in [-0.2, 0) is 15.1 Å². The Hall–Kier alpha value is -2.66. The van der Waals surface area contributed by atoms with Crippen LogP contribution in [0.4, 0.5) is 0 Å². The van der Waals surface area contributed by atoms with Gasteiger partial charge in [-0.3, -0.25) is 0 Å². The molecule has 5 heteroatoms. The predicted molar refractivity (Wildman–Crippen MR) is 124 cm³/mol. The van der Waals surface area contributed by atoms with E-state index in [2.05, 4.69) is 5.32 Å². The van der Waals surface area contributed by atoms with Crippen molar-refractivity contribution in [1.29, 1.82) is 0 Å². The lowest BCUT2D eigenvalue weighted by Gasteiger charge is -2.37. The van der Waals surface area contributed by atoms with E-state index in [1.54, 1.807) is 6.07 Å². The average molecular weight is 440 g/mol. The Morgan fingerprint density at radius 1 is 1.06 bits per heavy atom. The monoisotopic (exact) mass is 439 g/mol. The van der Waals surface area contributed by atoms with Crippen LogP contribution in [0.15, 0.2) is 78.9 Å². The molecule has 162 valence electrons. The molecule has 4 nitrogen and oxygen atoms in total. The van der Waals surface area contributed by atoms with E-state index >= 15 is 0 Å². The van der Waals surface area contributed by atoms with Gasteiger partial charge < -0.3 is 15.2 Å². The number of nitrogens with one attached hydrogen (secondary N) is 1. The number of benzene rings is 3. The van der Waals surface area contributed by atoms with Gasteiger partial charge in [-0.15, -0.1) is 0 Å². The van der Waals surface area contributed by atoms with Crippen LogP contribution in [0.1, 0.15) is 37.0 Å². The van der Waals surface area contributed by atoms with E-state index in [0.717, 1.165) is 5.56 Å². The minimum Gasteiger partial charge on any atom is -0.442 e. The maximum absolute atomic E-state index is 13.3. The second kappa shape index (κ2) is 10.1. The Kier molecular flexibility index (Phi) is 7.03. The van der Waals surface area contributed by atoms with E-state index in [1.165, 1.54) is 0 Å². The molecule has 0 radical (unpaired) electrons. The zero-order valence-corrected chi connectivity index (χ0v) is 18.5. The number of hydrogen-bond donors (Lipinski definition) is 2. The lowest BCUT2D eigenvalue weighted by molar-refractivity contribution is -0.165. The highest BCUT2D eigenvalue weighted by atomic mass is 35.5. The third-order valence-corrected chi connectivity index (χ3v) is 5.80. The molecule has 3 aromatic rings. The first-order valence-corrected chi connectivity index (χ1v) is 10.6. The first kappa shape index (κ1) is 21.6. The molecule has 2 N–H and O–H groups in total. The van der Waals surface area contributed by atoms with Crippen molar-refractivity contribution >= 4 is 17.6 Å². The third kappa shape index (κ3) is 4.67. The number of halogens is 1. The smallest absolute Gasteiger partial charge is 0.338 e. The van der Waals surface area contributed by atoms with Crippen molar-refractivity contribution in [2.24, 2.45) is 0 Å². The molecule has 0 aromatic heterocycles. The molecule has 2 unspecified atom stereocenters. The molecule has 0 saturated heterocycles. The van der Waals surface area contributed by atoms with Crippen molar-refractivity contribution in [2.45, 2.75) is 38.0 Å². The number of likely N-dealkylation sites (N-methyl/N-ethyl adjacent to an activating group) is 1. The van der Waals surface area contributed by atoms with E-state index in [1.807, 2.05) is 86.6 Å². The quantitative estimate of drug-likeness (QED) is 0.389. The van der Waals surface area contributed by atoms with Crippen LogP contribution in [-0.4, -0.2) is 30.2 Å². The van der Waals surface area contributed by atoms with Gasteiger partial charge in [-0.2, -0.15) is 0 Å². The maximum atomic E-state index is 13.3. The van der Waals surface area contributed by atoms with E-state index in [-0.39, 0.29) is 7.02 Å². The summed E-state index contributed by atoms with van der Waals surface area (Å²) in [5.41, 5.74) is 1.71. The predicted octanol–water partition coefficient (Wildman–Crippen LogP) is 4.84. The summed E-state index contributed by atoms with van der Waals surface area (Å²) in [5, 5.41) is 14.0. The van der Waals surface area contributed by atoms with Gasteiger partial charge in [0.2, 0.25) is 0 Å². The number of aliphatic hydroxyl groups is 1. The lowest BCUT2D eigenvalue weighted by atomic mass is 9.79. The van der Waals surface area contributed by atoms with Crippen LogP contribution in [0.5, 0.6) is 0 Å². The van der Waals surface area contributed by atoms with Crippen molar-refractivity contribution in [2.75, 3.05) is 7.02 Å². The van der Waals surface area contributed by atoms with Crippen molar-refractivity contribution in [3.8, 4) is 0 Å². The highest BCUT2D eigenvalue weighted by molar-refractivity contribution is 6.31. The van der Waals surface area contributed by atoms with Gasteiger partial charge in [-0.25, -0.2) is 4.79 Å². The molecule has 0 spiro atoms. The van der Waals surface area contributed by atoms with Crippen molar-refractivity contribution in [1.82, 2.24) is 5.32 Å². The van der Waals surface area contributed by atoms with Crippen LogP contribution in [0, 0.1) is 6.92 Å². The number of esters is 1. The number of ether oxygens (including phenoxy) is 1. The first-order valence-electron chi connectivity index (χ1n) is 11.0. The second-order valence-electron chi connectivity index (χ2n) is 7.48. The van der Waals surface area contributed by atoms with E-state index < -0.39 is 23.7 Å². The number of aliphatic hydroxyl groups excluding tert-OH is 1. The summed E-state index contributed by atoms with van der Waals surface area (Å²) >= 11 is 6.65. The summed E-state index contributed by atoms with van der Waals surface area (Å²) in [4.78, 5) is 13.3. The molecule has 3 rings (SSSR count). The highest BCUT2D eigenvalue weighted by Gasteiger charge is 2.43. The minimum absolute atomic E-state index is 0.116. The van der Waals surface area contributed by atoms with Gasteiger partial charge in [0, 0.05) is 29.1 Å². The molecule has 31 heavy (non-hydrogen) atoms. The van der Waals surface area contributed by atoms with Crippen LogP contribution in [0.2, 0.25) is 5.02 Å². The second-order valence-corrected chi connectivity index (χ2v) is 7.89. The molecular weight excluding hydrogens is 410 g/mol. The average Bonchev–Trinajstić information content (AvgIpc) is 2.82. The summed E-state index contributed by atoms with van der Waals surface area (Å²) in [6, 6.07) is 23.7. The molecule has 0 amide bonds. The summed E-state index contributed by atoms with van der Waals surface area (Å²) in [5.74, 6) is -0.790. The van der Waals surface area contributed by atoms with Gasteiger partial charge in [0.15, 0.2) is 11.7 Å². The molecule has 3 aromatic carbocycles. The van der Waals surface area contributed by atoms with Crippen LogP contribution < -0.4 is 5.32 Å².